The van der Waals surface area contributed by atoms with E-state index in [1.54, 1.807) is 12.1 Å². The largest absolute Gasteiger partial charge is 0.480 e. The van der Waals surface area contributed by atoms with Crippen molar-refractivity contribution >= 4 is 28.7 Å². The second kappa shape index (κ2) is 12.7. The van der Waals surface area contributed by atoms with E-state index in [-0.39, 0.29) is 32.0 Å². The smallest absolute Gasteiger partial charge is 0.337 e. The number of ether oxygens (including phenoxy) is 1. The Kier molecular flexibility index (Phi) is 9.41. The van der Waals surface area contributed by atoms with Crippen molar-refractivity contribution in [3.63, 3.8) is 0 Å². The molecule has 0 heterocycles. The number of fused-ring (bicyclic) bond motifs is 1. The van der Waals surface area contributed by atoms with Crippen molar-refractivity contribution in [2.24, 2.45) is 5.92 Å². The lowest BCUT2D eigenvalue weighted by atomic mass is 9.99. The minimum absolute atomic E-state index is 0.000763. The molecule has 0 aliphatic carbocycles. The number of aliphatic hydroxyl groups excluding tert-OH is 1. The number of rotatable bonds is 11. The third-order valence-electron chi connectivity index (χ3n) is 5.66. The van der Waals surface area contributed by atoms with Crippen LogP contribution in [0.2, 0.25) is 0 Å². The molecular formula is C28H32N2O6. The summed E-state index contributed by atoms with van der Waals surface area (Å²) in [6.07, 6.45) is -1.49. The molecule has 0 spiro atoms. The molecular weight excluding hydrogens is 460 g/mol. The van der Waals surface area contributed by atoms with Gasteiger partial charge in [-0.15, -0.1) is 0 Å². The van der Waals surface area contributed by atoms with Crippen molar-refractivity contribution in [1.82, 2.24) is 10.2 Å². The molecule has 0 aromatic heterocycles. The number of aliphatic carboxylic acids is 1. The van der Waals surface area contributed by atoms with Crippen LogP contribution in [0.25, 0.3) is 10.8 Å². The number of hydrogen-bond acceptors (Lipinski definition) is 5. The zero-order valence-electron chi connectivity index (χ0n) is 20.5. The molecule has 0 fully saturated rings. The highest BCUT2D eigenvalue weighted by atomic mass is 16.5. The number of hydrogen-bond donors (Lipinski definition) is 3. The number of esters is 1. The van der Waals surface area contributed by atoms with Crippen LogP contribution in [0.15, 0.2) is 72.8 Å². The van der Waals surface area contributed by atoms with Crippen LogP contribution in [0.5, 0.6) is 0 Å². The summed E-state index contributed by atoms with van der Waals surface area (Å²) in [4.78, 5) is 38.7. The fraction of sp³-hybridized carbons (Fsp3) is 0.321. The van der Waals surface area contributed by atoms with E-state index >= 15 is 0 Å². The second-order valence-corrected chi connectivity index (χ2v) is 9.09. The van der Waals surface area contributed by atoms with Crippen LogP contribution in [0.3, 0.4) is 0 Å². The van der Waals surface area contributed by atoms with Crippen molar-refractivity contribution in [3.8, 4) is 0 Å². The third-order valence-corrected chi connectivity index (χ3v) is 5.66. The van der Waals surface area contributed by atoms with E-state index in [4.69, 9.17) is 4.74 Å². The monoisotopic (exact) mass is 492 g/mol. The Morgan fingerprint density at radius 1 is 0.917 bits per heavy atom. The normalized spacial score (nSPS) is 12.7. The molecule has 8 heteroatoms. The molecule has 2 amide bonds. The molecule has 3 aromatic rings. The Hall–Kier alpha value is -3.91. The number of aliphatic hydroxyl groups is 1. The van der Waals surface area contributed by atoms with Crippen LogP contribution < -0.4 is 5.32 Å². The quantitative estimate of drug-likeness (QED) is 0.352. The highest BCUT2D eigenvalue weighted by Gasteiger charge is 2.28. The Bertz CT molecular complexity index is 1180. The number of amides is 2. The van der Waals surface area contributed by atoms with E-state index in [1.165, 1.54) is 4.90 Å². The summed E-state index contributed by atoms with van der Waals surface area (Å²) in [6, 6.07) is 20.4. The predicted molar refractivity (Wildman–Crippen MR) is 136 cm³/mol. The van der Waals surface area contributed by atoms with Gasteiger partial charge in [-0.3, -0.25) is 0 Å². The van der Waals surface area contributed by atoms with Gasteiger partial charge in [-0.1, -0.05) is 86.6 Å². The Morgan fingerprint density at radius 2 is 1.58 bits per heavy atom. The number of benzene rings is 3. The predicted octanol–water partition coefficient (Wildman–Crippen LogP) is 3.61. The van der Waals surface area contributed by atoms with Crippen LogP contribution in [0.1, 0.15) is 25.0 Å². The first-order valence-corrected chi connectivity index (χ1v) is 11.9. The molecule has 0 aliphatic rings. The molecule has 3 rings (SSSR count). The number of carboxylic acids is 1. The Balaban J connectivity index is 1.67. The standard InChI is InChI=1S/C28H32N2O6/c1-19(2)16-30(17-25(31)27(34)36-18-20-9-4-3-5-10-20)28(35)29-24(26(32)33)15-22-13-8-12-21-11-6-7-14-23(21)22/h3-14,19,24-25,31H,15-18H2,1-2H3,(H,29,35)(H,32,33)/t24-,25?/m0/s1. The number of carbonyl (C=O) groups is 3. The Morgan fingerprint density at radius 3 is 2.28 bits per heavy atom. The van der Waals surface area contributed by atoms with Crippen LogP contribution >= 0.6 is 0 Å². The number of urea groups is 1. The Labute approximate surface area is 210 Å². The lowest BCUT2D eigenvalue weighted by Crippen LogP contribution is -2.52. The van der Waals surface area contributed by atoms with Gasteiger partial charge in [0, 0.05) is 13.0 Å². The number of nitrogens with zero attached hydrogens (tertiary/aromatic N) is 1. The van der Waals surface area contributed by atoms with Gasteiger partial charge < -0.3 is 25.2 Å². The van der Waals surface area contributed by atoms with Crippen molar-refractivity contribution in [3.05, 3.63) is 83.9 Å². The lowest BCUT2D eigenvalue weighted by molar-refractivity contribution is -0.155. The molecule has 2 atom stereocenters. The summed E-state index contributed by atoms with van der Waals surface area (Å²) in [7, 11) is 0. The first-order chi connectivity index (χ1) is 17.2. The van der Waals surface area contributed by atoms with E-state index in [0.717, 1.165) is 21.9 Å². The number of carbonyl (C=O) groups excluding carboxylic acids is 2. The van der Waals surface area contributed by atoms with Gasteiger partial charge in [-0.05, 0) is 27.8 Å². The second-order valence-electron chi connectivity index (χ2n) is 9.09. The molecule has 8 nitrogen and oxygen atoms in total. The van der Waals surface area contributed by atoms with Gasteiger partial charge >= 0.3 is 18.0 Å². The summed E-state index contributed by atoms with van der Waals surface area (Å²) in [6.45, 7) is 3.66. The van der Waals surface area contributed by atoms with Gasteiger partial charge in [0.05, 0.1) is 6.54 Å². The SMILES string of the molecule is CC(C)CN(CC(O)C(=O)OCc1ccccc1)C(=O)N[C@@H](Cc1cccc2ccccc12)C(=O)O. The van der Waals surface area contributed by atoms with Crippen molar-refractivity contribution < 1.29 is 29.3 Å². The molecule has 190 valence electrons. The van der Waals surface area contributed by atoms with E-state index in [9.17, 15) is 24.6 Å². The maximum Gasteiger partial charge on any atom is 0.337 e. The molecule has 3 N–H and O–H groups in total. The lowest BCUT2D eigenvalue weighted by Gasteiger charge is -2.28. The molecule has 0 radical (unpaired) electrons. The molecule has 36 heavy (non-hydrogen) atoms. The molecule has 0 saturated carbocycles. The van der Waals surface area contributed by atoms with Crippen molar-refractivity contribution in [2.45, 2.75) is 39.0 Å². The zero-order chi connectivity index (χ0) is 26.1. The number of nitrogens with one attached hydrogen (secondary N) is 1. The van der Waals surface area contributed by atoms with Crippen LogP contribution in [0, 0.1) is 5.92 Å². The first kappa shape index (κ1) is 26.7. The van der Waals surface area contributed by atoms with Gasteiger partial charge in [0.25, 0.3) is 0 Å². The fourth-order valence-corrected chi connectivity index (χ4v) is 3.92. The average molecular weight is 493 g/mol. The molecule has 0 aliphatic heterocycles. The minimum Gasteiger partial charge on any atom is -0.480 e. The van der Waals surface area contributed by atoms with Gasteiger partial charge in [0.2, 0.25) is 0 Å². The van der Waals surface area contributed by atoms with E-state index in [2.05, 4.69) is 5.32 Å². The molecule has 0 saturated heterocycles. The highest BCUT2D eigenvalue weighted by Crippen LogP contribution is 2.20. The third kappa shape index (κ3) is 7.55. The first-order valence-electron chi connectivity index (χ1n) is 11.9. The van der Waals surface area contributed by atoms with E-state index in [1.807, 2.05) is 74.5 Å². The van der Waals surface area contributed by atoms with Crippen molar-refractivity contribution in [1.29, 1.82) is 0 Å². The van der Waals surface area contributed by atoms with E-state index in [0.29, 0.717) is 0 Å². The van der Waals surface area contributed by atoms with E-state index < -0.39 is 30.1 Å². The zero-order valence-corrected chi connectivity index (χ0v) is 20.5. The van der Waals surface area contributed by atoms with Crippen molar-refractivity contribution in [2.75, 3.05) is 13.1 Å². The molecule has 0 bridgehead atoms. The van der Waals surface area contributed by atoms with Gasteiger partial charge in [0.15, 0.2) is 6.10 Å². The maximum atomic E-state index is 13.1. The molecule has 1 unspecified atom stereocenters. The number of carboxylic acid groups (broad SMARTS) is 1. The summed E-state index contributed by atoms with van der Waals surface area (Å²) < 4.78 is 5.17. The highest BCUT2D eigenvalue weighted by molar-refractivity contribution is 5.88. The van der Waals surface area contributed by atoms with Crippen LogP contribution in [-0.4, -0.2) is 58.3 Å². The van der Waals surface area contributed by atoms with Gasteiger partial charge in [-0.25, -0.2) is 14.4 Å². The maximum absolute atomic E-state index is 13.1. The van der Waals surface area contributed by atoms with Crippen LogP contribution in [0.4, 0.5) is 4.79 Å². The summed E-state index contributed by atoms with van der Waals surface area (Å²) in [5.41, 5.74) is 1.56. The summed E-state index contributed by atoms with van der Waals surface area (Å²) in [5, 5.41) is 24.7. The topological polar surface area (TPSA) is 116 Å². The fourth-order valence-electron chi connectivity index (χ4n) is 3.92. The summed E-state index contributed by atoms with van der Waals surface area (Å²) >= 11 is 0. The van der Waals surface area contributed by atoms with Gasteiger partial charge in [-0.2, -0.15) is 0 Å². The summed E-state index contributed by atoms with van der Waals surface area (Å²) in [5.74, 6) is -2.01. The minimum atomic E-state index is -1.57. The average Bonchev–Trinajstić information content (AvgIpc) is 2.86. The van der Waals surface area contributed by atoms with Crippen LogP contribution in [-0.2, 0) is 27.4 Å². The van der Waals surface area contributed by atoms with Gasteiger partial charge in [0.1, 0.15) is 12.6 Å². The molecule has 3 aromatic carbocycles.